The Bertz CT molecular complexity index is 648. The number of hydrogen-bond donors (Lipinski definition) is 0. The summed E-state index contributed by atoms with van der Waals surface area (Å²) in [5.74, 6) is 0. The van der Waals surface area contributed by atoms with Gasteiger partial charge in [-0.3, -0.25) is 13.9 Å². The Hall–Kier alpha value is -0.460. The molecule has 7 nitrogen and oxygen atoms in total. The molecular formula is C18H30O7P2S. The van der Waals surface area contributed by atoms with Crippen molar-refractivity contribution in [3.63, 3.8) is 0 Å². The highest BCUT2D eigenvalue weighted by Crippen LogP contribution is 2.75. The maximum Gasteiger partial charge on any atom is 0.347 e. The van der Waals surface area contributed by atoms with Crippen molar-refractivity contribution in [3.8, 4) is 0 Å². The highest BCUT2D eigenvalue weighted by Gasteiger charge is 2.56. The molecule has 0 aliphatic heterocycles. The number of carbonyl (C=O) groups excluding carboxylic acids is 1. The van der Waals surface area contributed by atoms with E-state index in [9.17, 15) is 13.9 Å². The molecule has 0 heterocycles. The molecule has 28 heavy (non-hydrogen) atoms. The van der Waals surface area contributed by atoms with Gasteiger partial charge in [-0.1, -0.05) is 42.1 Å². The van der Waals surface area contributed by atoms with Crippen molar-refractivity contribution in [3.05, 3.63) is 35.9 Å². The van der Waals surface area contributed by atoms with Crippen molar-refractivity contribution in [2.75, 3.05) is 26.4 Å². The molecule has 10 heteroatoms. The molecule has 0 radical (unpaired) electrons. The van der Waals surface area contributed by atoms with Crippen LogP contribution in [-0.4, -0.2) is 36.9 Å². The van der Waals surface area contributed by atoms with Crippen molar-refractivity contribution < 1.29 is 32.0 Å². The summed E-state index contributed by atoms with van der Waals surface area (Å²) in [5.41, 5.74) is 0.659. The molecule has 0 aromatic heterocycles. The first kappa shape index (κ1) is 25.6. The fourth-order valence-electron chi connectivity index (χ4n) is 2.73. The van der Waals surface area contributed by atoms with Crippen LogP contribution in [0.5, 0.6) is 0 Å². The zero-order valence-electron chi connectivity index (χ0n) is 17.0. The fourth-order valence-corrected chi connectivity index (χ4v) is 10.2. The van der Waals surface area contributed by atoms with Crippen LogP contribution in [0.3, 0.4) is 0 Å². The molecule has 1 aromatic rings. The van der Waals surface area contributed by atoms with E-state index in [1.165, 1.54) is 6.92 Å². The Morgan fingerprint density at radius 3 is 1.57 bits per heavy atom. The molecule has 0 bridgehead atoms. The standard InChI is InChI=1S/C18H30O7P2S/c1-6-22-26(20,23-7-2)18(27(21,24-8-3)25-9-4)17(28-15(5)19)16-13-11-10-12-14-16/h10-14,17-18H,6-9H2,1-5H3. The minimum Gasteiger partial charge on any atom is -0.308 e. The summed E-state index contributed by atoms with van der Waals surface area (Å²) in [6, 6.07) is 8.96. The second kappa shape index (κ2) is 12.3. The molecule has 0 aliphatic carbocycles. The average Bonchev–Trinajstić information content (AvgIpc) is 2.62. The lowest BCUT2D eigenvalue weighted by molar-refractivity contribution is -0.109. The first-order valence-electron chi connectivity index (χ1n) is 9.27. The Balaban J connectivity index is 3.71. The van der Waals surface area contributed by atoms with Gasteiger partial charge in [0, 0.05) is 6.92 Å². The van der Waals surface area contributed by atoms with Crippen LogP contribution in [0.4, 0.5) is 0 Å². The van der Waals surface area contributed by atoms with E-state index in [0.29, 0.717) is 5.56 Å². The second-order valence-corrected chi connectivity index (χ2v) is 11.6. The predicted octanol–water partition coefficient (Wildman–Crippen LogP) is 5.87. The molecule has 0 saturated heterocycles. The van der Waals surface area contributed by atoms with E-state index in [1.807, 2.05) is 6.07 Å². The second-order valence-electron chi connectivity index (χ2n) is 5.61. The molecule has 1 rings (SSSR count). The van der Waals surface area contributed by atoms with Gasteiger partial charge in [-0.15, -0.1) is 0 Å². The van der Waals surface area contributed by atoms with E-state index in [2.05, 4.69) is 0 Å². The lowest BCUT2D eigenvalue weighted by atomic mass is 10.2. The molecule has 0 N–H and O–H groups in total. The van der Waals surface area contributed by atoms with E-state index in [0.717, 1.165) is 11.8 Å². The summed E-state index contributed by atoms with van der Waals surface area (Å²) >= 11 is 0.915. The van der Waals surface area contributed by atoms with E-state index >= 15 is 0 Å². The van der Waals surface area contributed by atoms with Crippen LogP contribution >= 0.6 is 27.0 Å². The van der Waals surface area contributed by atoms with Crippen LogP contribution in [0.1, 0.15) is 45.4 Å². The smallest absolute Gasteiger partial charge is 0.308 e. The Morgan fingerprint density at radius 1 is 0.857 bits per heavy atom. The normalized spacial score (nSPS) is 13.6. The van der Waals surface area contributed by atoms with Gasteiger partial charge in [0.2, 0.25) is 0 Å². The van der Waals surface area contributed by atoms with Crippen LogP contribution in [-0.2, 0) is 32.0 Å². The van der Waals surface area contributed by atoms with Crippen LogP contribution in [0.25, 0.3) is 0 Å². The van der Waals surface area contributed by atoms with Crippen molar-refractivity contribution in [1.29, 1.82) is 0 Å². The molecule has 0 amide bonds. The Labute approximate surface area is 171 Å². The van der Waals surface area contributed by atoms with E-state index in [4.69, 9.17) is 18.1 Å². The molecular weight excluding hydrogens is 422 g/mol. The third-order valence-corrected chi connectivity index (χ3v) is 11.2. The minimum atomic E-state index is -3.97. The number of hydrogen-bond acceptors (Lipinski definition) is 8. The summed E-state index contributed by atoms with van der Waals surface area (Å²) in [6.45, 7) is 8.41. The zero-order valence-corrected chi connectivity index (χ0v) is 19.6. The number of benzene rings is 1. The van der Waals surface area contributed by atoms with Crippen LogP contribution < -0.4 is 0 Å². The molecule has 0 aliphatic rings. The largest absolute Gasteiger partial charge is 0.347 e. The summed E-state index contributed by atoms with van der Waals surface area (Å²) < 4.78 is 49.7. The SMILES string of the molecule is CCOP(=O)(OCC)C(C(SC(C)=O)c1ccccc1)P(=O)(OCC)OCC. The number of thioether (sulfide) groups is 1. The topological polar surface area (TPSA) is 88.1 Å². The van der Waals surface area contributed by atoms with Gasteiger partial charge < -0.3 is 18.1 Å². The molecule has 0 fully saturated rings. The van der Waals surface area contributed by atoms with Gasteiger partial charge in [0.1, 0.15) is 0 Å². The highest BCUT2D eigenvalue weighted by molar-refractivity contribution is 8.14. The number of rotatable bonds is 13. The minimum absolute atomic E-state index is 0.0816. The first-order valence-corrected chi connectivity index (χ1v) is 13.4. The summed E-state index contributed by atoms with van der Waals surface area (Å²) in [7, 11) is -7.95. The lowest BCUT2D eigenvalue weighted by Gasteiger charge is -2.35. The van der Waals surface area contributed by atoms with Gasteiger partial charge in [0.05, 0.1) is 31.7 Å². The Kier molecular flexibility index (Phi) is 11.2. The van der Waals surface area contributed by atoms with Crippen molar-refractivity contribution in [1.82, 2.24) is 0 Å². The fraction of sp³-hybridized carbons (Fsp3) is 0.611. The number of carbonyl (C=O) groups is 1. The average molecular weight is 452 g/mol. The quantitative estimate of drug-likeness (QED) is 0.344. The van der Waals surface area contributed by atoms with Crippen LogP contribution in [0, 0.1) is 0 Å². The van der Waals surface area contributed by atoms with Gasteiger partial charge in [-0.05, 0) is 33.3 Å². The summed E-state index contributed by atoms with van der Waals surface area (Å²) in [6.07, 6.45) is 0. The molecule has 160 valence electrons. The summed E-state index contributed by atoms with van der Waals surface area (Å²) in [4.78, 5) is 12.0. The van der Waals surface area contributed by atoms with Gasteiger partial charge in [-0.25, -0.2) is 0 Å². The molecule has 1 atom stereocenters. The van der Waals surface area contributed by atoms with Crippen molar-refractivity contribution in [2.24, 2.45) is 0 Å². The van der Waals surface area contributed by atoms with Gasteiger partial charge in [-0.2, -0.15) is 0 Å². The lowest BCUT2D eigenvalue weighted by Crippen LogP contribution is -2.24. The van der Waals surface area contributed by atoms with Crippen molar-refractivity contribution in [2.45, 2.75) is 45.3 Å². The first-order chi connectivity index (χ1) is 13.3. The van der Waals surface area contributed by atoms with E-state index in [1.54, 1.807) is 52.0 Å². The maximum atomic E-state index is 13.8. The van der Waals surface area contributed by atoms with Gasteiger partial charge in [0.15, 0.2) is 10.5 Å². The Morgan fingerprint density at radius 2 is 1.25 bits per heavy atom. The van der Waals surface area contributed by atoms with Crippen LogP contribution in [0.15, 0.2) is 30.3 Å². The van der Waals surface area contributed by atoms with E-state index < -0.39 is 25.8 Å². The predicted molar refractivity (Wildman–Crippen MR) is 113 cm³/mol. The van der Waals surface area contributed by atoms with Gasteiger partial charge >= 0.3 is 15.2 Å². The summed E-state index contributed by atoms with van der Waals surface area (Å²) in [5, 5.41) is -2.32. The van der Waals surface area contributed by atoms with Crippen LogP contribution in [0.2, 0.25) is 0 Å². The maximum absolute atomic E-state index is 13.8. The van der Waals surface area contributed by atoms with Gasteiger partial charge in [0.25, 0.3) is 0 Å². The molecule has 1 unspecified atom stereocenters. The molecule has 0 saturated carbocycles. The monoisotopic (exact) mass is 452 g/mol. The van der Waals surface area contributed by atoms with E-state index in [-0.39, 0.29) is 31.5 Å². The van der Waals surface area contributed by atoms with Crippen molar-refractivity contribution >= 4 is 32.1 Å². The third kappa shape index (κ3) is 6.81. The highest BCUT2D eigenvalue weighted by atomic mass is 32.2. The zero-order chi connectivity index (χ0) is 21.2. The molecule has 1 aromatic carbocycles. The molecule has 0 spiro atoms. The third-order valence-electron chi connectivity index (χ3n) is 3.58.